The SMILES string of the molecule is CSC1CCC(NS(=O)(=O)c2ccccc2N)C1. The van der Waals surface area contributed by atoms with Crippen LogP contribution in [-0.4, -0.2) is 26.0 Å². The Balaban J connectivity index is 2.11. The number of thioether (sulfide) groups is 1. The Bertz CT molecular complexity index is 517. The number of nitrogen functional groups attached to an aromatic ring is 1. The molecule has 1 saturated carbocycles. The third kappa shape index (κ3) is 2.99. The van der Waals surface area contributed by atoms with Crippen LogP contribution in [0.4, 0.5) is 5.69 Å². The third-order valence-corrected chi connectivity index (χ3v) is 5.94. The number of benzene rings is 1. The zero-order chi connectivity index (χ0) is 13.2. The van der Waals surface area contributed by atoms with Gasteiger partial charge in [-0.1, -0.05) is 12.1 Å². The van der Waals surface area contributed by atoms with Gasteiger partial charge in [0, 0.05) is 11.3 Å². The number of rotatable bonds is 4. The summed E-state index contributed by atoms with van der Waals surface area (Å²) in [6.07, 6.45) is 4.93. The number of para-hydroxylation sites is 1. The summed E-state index contributed by atoms with van der Waals surface area (Å²) in [6.45, 7) is 0. The molecule has 1 fully saturated rings. The van der Waals surface area contributed by atoms with E-state index < -0.39 is 10.0 Å². The molecule has 0 saturated heterocycles. The Hall–Kier alpha value is -0.720. The quantitative estimate of drug-likeness (QED) is 0.828. The standard InChI is InChI=1S/C12H18N2O2S2/c1-17-10-7-6-9(8-10)14-18(15,16)12-5-3-2-4-11(12)13/h2-5,9-10,14H,6-8,13H2,1H3. The van der Waals surface area contributed by atoms with Gasteiger partial charge in [-0.25, -0.2) is 13.1 Å². The molecule has 0 spiro atoms. The number of anilines is 1. The van der Waals surface area contributed by atoms with Crippen LogP contribution >= 0.6 is 11.8 Å². The van der Waals surface area contributed by atoms with Gasteiger partial charge in [-0.2, -0.15) is 11.8 Å². The molecule has 6 heteroatoms. The molecule has 0 aromatic heterocycles. The molecule has 2 atom stereocenters. The largest absolute Gasteiger partial charge is 0.398 e. The molecule has 0 amide bonds. The summed E-state index contributed by atoms with van der Waals surface area (Å²) < 4.78 is 27.2. The van der Waals surface area contributed by atoms with Crippen molar-refractivity contribution in [2.75, 3.05) is 12.0 Å². The van der Waals surface area contributed by atoms with Crippen molar-refractivity contribution in [3.63, 3.8) is 0 Å². The van der Waals surface area contributed by atoms with E-state index in [0.717, 1.165) is 19.3 Å². The van der Waals surface area contributed by atoms with E-state index in [-0.39, 0.29) is 10.9 Å². The topological polar surface area (TPSA) is 72.2 Å². The molecule has 1 aromatic carbocycles. The van der Waals surface area contributed by atoms with Crippen molar-refractivity contribution in [3.05, 3.63) is 24.3 Å². The number of hydrogen-bond donors (Lipinski definition) is 2. The lowest BCUT2D eigenvalue weighted by atomic mass is 10.3. The number of nitrogens with one attached hydrogen (secondary N) is 1. The fourth-order valence-corrected chi connectivity index (χ4v) is 4.48. The minimum atomic E-state index is -3.49. The van der Waals surface area contributed by atoms with Crippen LogP contribution in [0.25, 0.3) is 0 Å². The Morgan fingerprint density at radius 1 is 1.33 bits per heavy atom. The highest BCUT2D eigenvalue weighted by molar-refractivity contribution is 7.99. The summed E-state index contributed by atoms with van der Waals surface area (Å²) in [4.78, 5) is 0.178. The first-order chi connectivity index (χ1) is 8.53. The summed E-state index contributed by atoms with van der Waals surface area (Å²) in [5, 5.41) is 0.561. The maximum absolute atomic E-state index is 12.2. The van der Waals surface area contributed by atoms with Crippen LogP contribution in [0.5, 0.6) is 0 Å². The van der Waals surface area contributed by atoms with E-state index in [1.165, 1.54) is 0 Å². The van der Waals surface area contributed by atoms with Gasteiger partial charge in [-0.15, -0.1) is 0 Å². The van der Waals surface area contributed by atoms with Gasteiger partial charge in [0.25, 0.3) is 0 Å². The van der Waals surface area contributed by atoms with Crippen molar-refractivity contribution in [3.8, 4) is 0 Å². The first kappa shape index (κ1) is 13.7. The maximum atomic E-state index is 12.2. The molecule has 100 valence electrons. The normalized spacial score (nSPS) is 24.3. The molecule has 2 unspecified atom stereocenters. The Labute approximate surface area is 112 Å². The number of nitrogens with two attached hydrogens (primary N) is 1. The Morgan fingerprint density at radius 2 is 2.06 bits per heavy atom. The van der Waals surface area contributed by atoms with Crippen LogP contribution in [-0.2, 0) is 10.0 Å². The lowest BCUT2D eigenvalue weighted by molar-refractivity contribution is 0.553. The van der Waals surface area contributed by atoms with Gasteiger partial charge >= 0.3 is 0 Å². The molecule has 1 aliphatic rings. The highest BCUT2D eigenvalue weighted by Gasteiger charge is 2.28. The van der Waals surface area contributed by atoms with Crippen LogP contribution in [0.2, 0.25) is 0 Å². The number of hydrogen-bond acceptors (Lipinski definition) is 4. The van der Waals surface area contributed by atoms with Crippen LogP contribution in [0.3, 0.4) is 0 Å². The monoisotopic (exact) mass is 286 g/mol. The summed E-state index contributed by atoms with van der Waals surface area (Å²) >= 11 is 1.80. The Kier molecular flexibility index (Phi) is 4.19. The lowest BCUT2D eigenvalue weighted by Crippen LogP contribution is -2.33. The molecular formula is C12H18N2O2S2. The second-order valence-corrected chi connectivity index (χ2v) is 7.35. The second kappa shape index (κ2) is 5.50. The van der Waals surface area contributed by atoms with Crippen LogP contribution < -0.4 is 10.5 Å². The second-order valence-electron chi connectivity index (χ2n) is 4.53. The van der Waals surface area contributed by atoms with Gasteiger partial charge < -0.3 is 5.73 Å². The lowest BCUT2D eigenvalue weighted by Gasteiger charge is -2.14. The molecule has 0 aliphatic heterocycles. The highest BCUT2D eigenvalue weighted by atomic mass is 32.2. The zero-order valence-corrected chi connectivity index (χ0v) is 11.9. The first-order valence-electron chi connectivity index (χ1n) is 5.92. The third-order valence-electron chi connectivity index (χ3n) is 3.25. The van der Waals surface area contributed by atoms with Gasteiger partial charge in [0.1, 0.15) is 4.90 Å². The van der Waals surface area contributed by atoms with Gasteiger partial charge in [-0.05, 0) is 37.7 Å². The molecule has 1 aliphatic carbocycles. The predicted molar refractivity (Wildman–Crippen MR) is 76.1 cm³/mol. The van der Waals surface area contributed by atoms with Crippen molar-refractivity contribution in [2.24, 2.45) is 0 Å². The minimum Gasteiger partial charge on any atom is -0.398 e. The number of sulfonamides is 1. The van der Waals surface area contributed by atoms with E-state index in [1.807, 2.05) is 0 Å². The van der Waals surface area contributed by atoms with Crippen LogP contribution in [0, 0.1) is 0 Å². The van der Waals surface area contributed by atoms with E-state index in [1.54, 1.807) is 36.0 Å². The fraction of sp³-hybridized carbons (Fsp3) is 0.500. The van der Waals surface area contributed by atoms with Crippen molar-refractivity contribution < 1.29 is 8.42 Å². The fourth-order valence-electron chi connectivity index (χ4n) is 2.27. The molecule has 18 heavy (non-hydrogen) atoms. The molecular weight excluding hydrogens is 268 g/mol. The Morgan fingerprint density at radius 3 is 2.67 bits per heavy atom. The van der Waals surface area contributed by atoms with Crippen LogP contribution in [0.15, 0.2) is 29.2 Å². The van der Waals surface area contributed by atoms with E-state index in [2.05, 4.69) is 11.0 Å². The first-order valence-corrected chi connectivity index (χ1v) is 8.69. The molecule has 2 rings (SSSR count). The van der Waals surface area contributed by atoms with Gasteiger partial charge in [0.2, 0.25) is 10.0 Å². The van der Waals surface area contributed by atoms with Crippen LogP contribution in [0.1, 0.15) is 19.3 Å². The summed E-state index contributed by atoms with van der Waals surface area (Å²) in [7, 11) is -3.49. The van der Waals surface area contributed by atoms with Gasteiger partial charge in [0.15, 0.2) is 0 Å². The molecule has 0 heterocycles. The molecule has 0 bridgehead atoms. The average molecular weight is 286 g/mol. The van der Waals surface area contributed by atoms with E-state index >= 15 is 0 Å². The summed E-state index contributed by atoms with van der Waals surface area (Å²) in [6, 6.07) is 6.59. The van der Waals surface area contributed by atoms with Gasteiger partial charge in [-0.3, -0.25) is 0 Å². The van der Waals surface area contributed by atoms with Crippen molar-refractivity contribution in [1.29, 1.82) is 0 Å². The zero-order valence-electron chi connectivity index (χ0n) is 10.3. The minimum absolute atomic E-state index is 0.0343. The van der Waals surface area contributed by atoms with Crippen molar-refractivity contribution in [1.82, 2.24) is 4.72 Å². The van der Waals surface area contributed by atoms with Crippen molar-refractivity contribution >= 4 is 27.5 Å². The molecule has 4 nitrogen and oxygen atoms in total. The van der Waals surface area contributed by atoms with Crippen molar-refractivity contribution in [2.45, 2.75) is 35.4 Å². The summed E-state index contributed by atoms with van der Waals surface area (Å²) in [5.41, 5.74) is 6.01. The summed E-state index contributed by atoms with van der Waals surface area (Å²) in [5.74, 6) is 0. The predicted octanol–water partition coefficient (Wildman–Crippen LogP) is 1.83. The van der Waals surface area contributed by atoms with E-state index in [9.17, 15) is 8.42 Å². The maximum Gasteiger partial charge on any atom is 0.242 e. The smallest absolute Gasteiger partial charge is 0.242 e. The molecule has 0 radical (unpaired) electrons. The average Bonchev–Trinajstić information content (AvgIpc) is 2.76. The van der Waals surface area contributed by atoms with E-state index in [4.69, 9.17) is 5.73 Å². The van der Waals surface area contributed by atoms with E-state index in [0.29, 0.717) is 10.9 Å². The molecule has 3 N–H and O–H groups in total. The highest BCUT2D eigenvalue weighted by Crippen LogP contribution is 2.29. The molecule has 1 aromatic rings. The van der Waals surface area contributed by atoms with Gasteiger partial charge in [0.05, 0.1) is 5.69 Å².